The highest BCUT2D eigenvalue weighted by molar-refractivity contribution is 9.11. The number of alkyl halides is 4. The molecule has 1 nitrogen and oxygen atoms in total. The van der Waals surface area contributed by atoms with Crippen LogP contribution < -0.4 is 5.32 Å². The standard InChI is InChI=1S/C9H6Br2ClF4N/c10-5-1-4(12)2-6(11)7(5)17-3-9(15,16)8(13)14/h1-2,8,17H,3H2. The molecule has 17 heavy (non-hydrogen) atoms. The predicted molar refractivity (Wildman–Crippen MR) is 66.3 cm³/mol. The van der Waals surface area contributed by atoms with E-state index in [1.807, 2.05) is 0 Å². The van der Waals surface area contributed by atoms with Gasteiger partial charge in [-0.25, -0.2) is 8.78 Å². The van der Waals surface area contributed by atoms with Crippen LogP contribution in [0.15, 0.2) is 21.1 Å². The fourth-order valence-corrected chi connectivity index (χ4v) is 2.94. The average Bonchev–Trinajstić information content (AvgIpc) is 2.15. The van der Waals surface area contributed by atoms with Crippen LogP contribution in [0.2, 0.25) is 5.02 Å². The molecule has 1 rings (SSSR count). The Hall–Kier alpha value is -0.0100. The Kier molecular flexibility index (Phi) is 5.09. The van der Waals surface area contributed by atoms with Gasteiger partial charge < -0.3 is 5.32 Å². The number of benzene rings is 1. The lowest BCUT2D eigenvalue weighted by molar-refractivity contribution is -0.117. The third kappa shape index (κ3) is 3.99. The minimum atomic E-state index is -4.08. The van der Waals surface area contributed by atoms with E-state index in [1.54, 1.807) is 0 Å². The second kappa shape index (κ2) is 5.75. The van der Waals surface area contributed by atoms with Crippen LogP contribution >= 0.6 is 43.5 Å². The Balaban J connectivity index is 2.83. The molecule has 8 heteroatoms. The van der Waals surface area contributed by atoms with E-state index in [4.69, 9.17) is 11.6 Å². The molecule has 0 fully saturated rings. The van der Waals surface area contributed by atoms with Gasteiger partial charge in [0.25, 0.3) is 0 Å². The zero-order valence-electron chi connectivity index (χ0n) is 8.08. The normalized spacial score (nSPS) is 12.0. The molecule has 0 saturated carbocycles. The fourth-order valence-electron chi connectivity index (χ4n) is 0.994. The van der Waals surface area contributed by atoms with Crippen LogP contribution in [-0.4, -0.2) is 18.9 Å². The third-order valence-electron chi connectivity index (χ3n) is 1.83. The molecule has 0 radical (unpaired) electrons. The lowest BCUT2D eigenvalue weighted by Gasteiger charge is -2.18. The number of hydrogen-bond acceptors (Lipinski definition) is 1. The number of nitrogens with one attached hydrogen (secondary N) is 1. The lowest BCUT2D eigenvalue weighted by Crippen LogP contribution is -2.34. The van der Waals surface area contributed by atoms with E-state index in [-0.39, 0.29) is 5.69 Å². The molecule has 0 saturated heterocycles. The Morgan fingerprint density at radius 1 is 1.24 bits per heavy atom. The quantitative estimate of drug-likeness (QED) is 0.689. The van der Waals surface area contributed by atoms with E-state index in [0.717, 1.165) is 0 Å². The van der Waals surface area contributed by atoms with Crippen molar-refractivity contribution in [3.8, 4) is 0 Å². The molecular formula is C9H6Br2ClF4N. The van der Waals surface area contributed by atoms with E-state index >= 15 is 0 Å². The first-order valence-electron chi connectivity index (χ1n) is 4.28. The minimum Gasteiger partial charge on any atom is -0.377 e. The van der Waals surface area contributed by atoms with Crippen molar-refractivity contribution in [1.82, 2.24) is 0 Å². The van der Waals surface area contributed by atoms with Crippen molar-refractivity contribution in [2.24, 2.45) is 0 Å². The van der Waals surface area contributed by atoms with Gasteiger partial charge in [-0.05, 0) is 44.0 Å². The largest absolute Gasteiger partial charge is 0.377 e. The number of hydrogen-bond donors (Lipinski definition) is 1. The molecular weight excluding hydrogens is 393 g/mol. The van der Waals surface area contributed by atoms with Gasteiger partial charge >= 0.3 is 12.3 Å². The Morgan fingerprint density at radius 3 is 2.12 bits per heavy atom. The van der Waals surface area contributed by atoms with Crippen molar-refractivity contribution >= 4 is 49.1 Å². The highest BCUT2D eigenvalue weighted by atomic mass is 79.9. The molecule has 0 aliphatic heterocycles. The van der Waals surface area contributed by atoms with Gasteiger partial charge in [0.1, 0.15) is 0 Å². The summed E-state index contributed by atoms with van der Waals surface area (Å²) in [5.41, 5.74) is 0.245. The zero-order chi connectivity index (χ0) is 13.2. The third-order valence-corrected chi connectivity index (χ3v) is 3.30. The molecule has 0 amide bonds. The van der Waals surface area contributed by atoms with E-state index < -0.39 is 18.9 Å². The molecule has 0 heterocycles. The fraction of sp³-hybridized carbons (Fsp3) is 0.333. The molecule has 0 aliphatic rings. The molecule has 0 spiro atoms. The van der Waals surface area contributed by atoms with E-state index in [1.165, 1.54) is 12.1 Å². The van der Waals surface area contributed by atoms with Crippen LogP contribution in [0.5, 0.6) is 0 Å². The Morgan fingerprint density at radius 2 is 1.71 bits per heavy atom. The zero-order valence-corrected chi connectivity index (χ0v) is 12.0. The van der Waals surface area contributed by atoms with Gasteiger partial charge in [-0.3, -0.25) is 0 Å². The molecule has 1 N–H and O–H groups in total. The van der Waals surface area contributed by atoms with Gasteiger partial charge in [-0.15, -0.1) is 0 Å². The maximum atomic E-state index is 12.7. The SMILES string of the molecule is FC(F)C(F)(F)CNc1c(Br)cc(Cl)cc1Br. The van der Waals surface area contributed by atoms with Gasteiger partial charge in [0.05, 0.1) is 12.2 Å². The smallest absolute Gasteiger partial charge is 0.324 e. The molecule has 1 aromatic carbocycles. The second-order valence-electron chi connectivity index (χ2n) is 3.16. The van der Waals surface area contributed by atoms with Gasteiger partial charge in [-0.2, -0.15) is 8.78 Å². The predicted octanol–water partition coefficient (Wildman–Crippen LogP) is 5.18. The van der Waals surface area contributed by atoms with Crippen LogP contribution in [0.4, 0.5) is 23.2 Å². The summed E-state index contributed by atoms with van der Waals surface area (Å²) in [7, 11) is 0. The van der Waals surface area contributed by atoms with Gasteiger partial charge in [0.15, 0.2) is 0 Å². The highest BCUT2D eigenvalue weighted by Crippen LogP contribution is 2.35. The molecule has 0 aromatic heterocycles. The maximum Gasteiger partial charge on any atom is 0.324 e. The van der Waals surface area contributed by atoms with E-state index in [0.29, 0.717) is 14.0 Å². The summed E-state index contributed by atoms with van der Waals surface area (Å²) in [6.07, 6.45) is -3.71. The molecule has 96 valence electrons. The summed E-state index contributed by atoms with van der Waals surface area (Å²) < 4.78 is 50.1. The first-order chi connectivity index (χ1) is 7.74. The minimum absolute atomic E-state index is 0.245. The van der Waals surface area contributed by atoms with Crippen molar-refractivity contribution in [3.63, 3.8) is 0 Å². The number of rotatable bonds is 4. The Bertz CT molecular complexity index is 391. The second-order valence-corrected chi connectivity index (χ2v) is 5.30. The molecule has 0 bridgehead atoms. The first kappa shape index (κ1) is 15.0. The average molecular weight is 399 g/mol. The number of anilines is 1. The van der Waals surface area contributed by atoms with Crippen molar-refractivity contribution in [3.05, 3.63) is 26.1 Å². The van der Waals surface area contributed by atoms with Crippen LogP contribution in [0.25, 0.3) is 0 Å². The molecule has 1 aromatic rings. The summed E-state index contributed by atoms with van der Waals surface area (Å²) in [4.78, 5) is 0. The topological polar surface area (TPSA) is 12.0 Å². The van der Waals surface area contributed by atoms with Crippen molar-refractivity contribution in [2.75, 3.05) is 11.9 Å². The van der Waals surface area contributed by atoms with Crippen molar-refractivity contribution in [1.29, 1.82) is 0 Å². The molecule has 0 aliphatic carbocycles. The monoisotopic (exact) mass is 397 g/mol. The highest BCUT2D eigenvalue weighted by Gasteiger charge is 2.40. The maximum absolute atomic E-state index is 12.7. The van der Waals surface area contributed by atoms with Crippen LogP contribution in [0.3, 0.4) is 0 Å². The van der Waals surface area contributed by atoms with E-state index in [2.05, 4.69) is 37.2 Å². The van der Waals surface area contributed by atoms with Gasteiger partial charge in [0, 0.05) is 14.0 Å². The lowest BCUT2D eigenvalue weighted by atomic mass is 10.3. The van der Waals surface area contributed by atoms with Crippen LogP contribution in [0.1, 0.15) is 0 Å². The van der Waals surface area contributed by atoms with Crippen LogP contribution in [-0.2, 0) is 0 Å². The summed E-state index contributed by atoms with van der Waals surface area (Å²) in [5, 5.41) is 2.63. The van der Waals surface area contributed by atoms with Crippen LogP contribution in [0, 0.1) is 0 Å². The van der Waals surface area contributed by atoms with Crippen molar-refractivity contribution < 1.29 is 17.6 Å². The van der Waals surface area contributed by atoms with Gasteiger partial charge in [0.2, 0.25) is 0 Å². The summed E-state index contributed by atoms with van der Waals surface area (Å²) in [6.45, 7) is -1.16. The summed E-state index contributed by atoms with van der Waals surface area (Å²) in [5.74, 6) is -4.08. The molecule has 0 unspecified atom stereocenters. The van der Waals surface area contributed by atoms with E-state index in [9.17, 15) is 17.6 Å². The summed E-state index contributed by atoms with van der Waals surface area (Å²) >= 11 is 11.9. The number of halogens is 7. The Labute approximate surface area is 117 Å². The van der Waals surface area contributed by atoms with Gasteiger partial charge in [-0.1, -0.05) is 11.6 Å². The summed E-state index contributed by atoms with van der Waals surface area (Å²) in [6, 6.07) is 2.93. The molecule has 0 atom stereocenters. The first-order valence-corrected chi connectivity index (χ1v) is 6.25. The van der Waals surface area contributed by atoms with Crippen molar-refractivity contribution in [2.45, 2.75) is 12.3 Å².